The molecule has 0 amide bonds. The van der Waals surface area contributed by atoms with E-state index in [-0.39, 0.29) is 0 Å². The van der Waals surface area contributed by atoms with Crippen LogP contribution in [-0.2, 0) is 19.1 Å². The topological polar surface area (TPSA) is 52.6 Å². The van der Waals surface area contributed by atoms with E-state index in [1.165, 1.54) is 19.4 Å². The Balaban J connectivity index is 3.46. The largest absolute Gasteiger partial charge is 0.468 e. The summed E-state index contributed by atoms with van der Waals surface area (Å²) >= 11 is 0. The molecule has 4 nitrogen and oxygen atoms in total. The molecule has 0 unspecified atom stereocenters. The van der Waals surface area contributed by atoms with Gasteiger partial charge in [-0.25, -0.2) is 0 Å². The van der Waals surface area contributed by atoms with Crippen molar-refractivity contribution in [1.29, 1.82) is 0 Å². The van der Waals surface area contributed by atoms with E-state index in [1.807, 2.05) is 13.0 Å². The molecule has 1 aliphatic carbocycles. The van der Waals surface area contributed by atoms with E-state index in [4.69, 9.17) is 9.47 Å². The summed E-state index contributed by atoms with van der Waals surface area (Å²) < 4.78 is 9.83. The van der Waals surface area contributed by atoms with Crippen LogP contribution < -0.4 is 0 Å². The zero-order valence-corrected chi connectivity index (χ0v) is 15.8. The van der Waals surface area contributed by atoms with Crippen LogP contribution in [0.15, 0.2) is 22.4 Å². The molecule has 0 radical (unpaired) electrons. The molecule has 0 N–H and O–H groups in total. The van der Waals surface area contributed by atoms with Gasteiger partial charge in [-0.05, 0) is 37.8 Å². The van der Waals surface area contributed by atoms with Crippen molar-refractivity contribution in [3.63, 3.8) is 0 Å². The SMILES string of the molecule is C/C=C1\CC(C(=O)OC)(C(=O)OC)C\C1=C(/C)[Si](C)(C)CC. The number of ether oxygens (including phenoxy) is 2. The molecular formula is C17H28O4Si. The maximum absolute atomic E-state index is 12.3. The minimum atomic E-state index is -1.52. The van der Waals surface area contributed by atoms with E-state index in [0.29, 0.717) is 12.8 Å². The highest BCUT2D eigenvalue weighted by Gasteiger charge is 2.54. The van der Waals surface area contributed by atoms with Crippen LogP contribution in [0.5, 0.6) is 0 Å². The van der Waals surface area contributed by atoms with E-state index in [0.717, 1.165) is 17.2 Å². The molecule has 1 rings (SSSR count). The second-order valence-electron chi connectivity index (χ2n) is 6.57. The molecule has 0 saturated heterocycles. The molecular weight excluding hydrogens is 296 g/mol. The summed E-state index contributed by atoms with van der Waals surface area (Å²) in [6.45, 7) is 10.9. The summed E-state index contributed by atoms with van der Waals surface area (Å²) in [4.78, 5) is 24.6. The van der Waals surface area contributed by atoms with Gasteiger partial charge in [-0.15, -0.1) is 0 Å². The summed E-state index contributed by atoms with van der Waals surface area (Å²) in [5.74, 6) is -1.00. The highest BCUT2D eigenvalue weighted by Crippen LogP contribution is 2.49. The highest BCUT2D eigenvalue weighted by atomic mass is 28.3. The number of allylic oxidation sites excluding steroid dienone is 4. The molecule has 1 fully saturated rings. The van der Waals surface area contributed by atoms with Gasteiger partial charge in [0.1, 0.15) is 0 Å². The Labute approximate surface area is 134 Å². The predicted octanol–water partition coefficient (Wildman–Crippen LogP) is 3.64. The smallest absolute Gasteiger partial charge is 0.323 e. The lowest BCUT2D eigenvalue weighted by molar-refractivity contribution is -0.168. The molecule has 1 aliphatic rings. The van der Waals surface area contributed by atoms with Gasteiger partial charge in [-0.2, -0.15) is 0 Å². The maximum atomic E-state index is 12.3. The molecule has 124 valence electrons. The number of methoxy groups -OCH3 is 2. The van der Waals surface area contributed by atoms with Crippen molar-refractivity contribution in [3.05, 3.63) is 22.4 Å². The summed E-state index contributed by atoms with van der Waals surface area (Å²) in [6.07, 6.45) is 2.75. The van der Waals surface area contributed by atoms with Gasteiger partial charge in [0.15, 0.2) is 5.41 Å². The Morgan fingerprint density at radius 2 is 1.68 bits per heavy atom. The zero-order valence-electron chi connectivity index (χ0n) is 14.8. The Kier molecular flexibility index (Phi) is 5.79. The Morgan fingerprint density at radius 3 is 2.05 bits per heavy atom. The van der Waals surface area contributed by atoms with Gasteiger partial charge in [0, 0.05) is 0 Å². The van der Waals surface area contributed by atoms with Crippen molar-refractivity contribution in [2.45, 2.75) is 52.8 Å². The third-order valence-electron chi connectivity index (χ3n) is 5.21. The molecule has 0 aromatic heterocycles. The lowest BCUT2D eigenvalue weighted by Crippen LogP contribution is -2.39. The molecule has 0 aromatic carbocycles. The predicted molar refractivity (Wildman–Crippen MR) is 90.1 cm³/mol. The van der Waals surface area contributed by atoms with Crippen LogP contribution in [0.1, 0.15) is 33.6 Å². The quantitative estimate of drug-likeness (QED) is 0.450. The van der Waals surface area contributed by atoms with Gasteiger partial charge in [-0.3, -0.25) is 9.59 Å². The minimum Gasteiger partial charge on any atom is -0.468 e. The van der Waals surface area contributed by atoms with Gasteiger partial charge in [0.05, 0.1) is 22.3 Å². The number of rotatable bonds is 4. The minimum absolute atomic E-state index is 0.365. The van der Waals surface area contributed by atoms with Gasteiger partial charge in [-0.1, -0.05) is 37.3 Å². The van der Waals surface area contributed by atoms with Gasteiger partial charge >= 0.3 is 11.9 Å². The summed E-state index contributed by atoms with van der Waals surface area (Å²) in [5.41, 5.74) is 0.999. The molecule has 22 heavy (non-hydrogen) atoms. The molecule has 0 aliphatic heterocycles. The average molecular weight is 324 g/mol. The first-order chi connectivity index (χ1) is 10.2. The van der Waals surface area contributed by atoms with E-state index in [2.05, 4.69) is 26.9 Å². The van der Waals surface area contributed by atoms with Crippen LogP contribution >= 0.6 is 0 Å². The van der Waals surface area contributed by atoms with Crippen LogP contribution in [-0.4, -0.2) is 34.2 Å². The van der Waals surface area contributed by atoms with Crippen molar-refractivity contribution >= 4 is 20.0 Å². The summed E-state index contributed by atoms with van der Waals surface area (Å²) in [7, 11) is 1.12. The van der Waals surface area contributed by atoms with Gasteiger partial charge in [0.2, 0.25) is 0 Å². The lowest BCUT2D eigenvalue weighted by atomic mass is 9.85. The zero-order chi connectivity index (χ0) is 17.1. The Morgan fingerprint density at radius 1 is 1.18 bits per heavy atom. The van der Waals surface area contributed by atoms with Crippen molar-refractivity contribution in [2.24, 2.45) is 5.41 Å². The number of esters is 2. The maximum Gasteiger partial charge on any atom is 0.323 e. The third-order valence-corrected chi connectivity index (χ3v) is 9.31. The van der Waals surface area contributed by atoms with Crippen LogP contribution in [0.25, 0.3) is 0 Å². The van der Waals surface area contributed by atoms with Gasteiger partial charge in [0.25, 0.3) is 0 Å². The lowest BCUT2D eigenvalue weighted by Gasteiger charge is -2.25. The fourth-order valence-electron chi connectivity index (χ4n) is 3.00. The molecule has 0 spiro atoms. The van der Waals surface area contributed by atoms with Crippen molar-refractivity contribution < 1.29 is 19.1 Å². The van der Waals surface area contributed by atoms with Crippen LogP contribution in [0.2, 0.25) is 19.1 Å². The van der Waals surface area contributed by atoms with E-state index < -0.39 is 25.4 Å². The average Bonchev–Trinajstić information content (AvgIpc) is 2.93. The van der Waals surface area contributed by atoms with Crippen molar-refractivity contribution in [1.82, 2.24) is 0 Å². The molecule has 0 atom stereocenters. The van der Waals surface area contributed by atoms with Crippen LogP contribution in [0, 0.1) is 5.41 Å². The van der Waals surface area contributed by atoms with E-state index in [9.17, 15) is 9.59 Å². The Bertz CT molecular complexity index is 513. The fourth-order valence-corrected chi connectivity index (χ4v) is 4.59. The molecule has 0 bridgehead atoms. The first-order valence-corrected chi connectivity index (χ1v) is 10.9. The van der Waals surface area contributed by atoms with E-state index >= 15 is 0 Å². The molecule has 5 heteroatoms. The van der Waals surface area contributed by atoms with E-state index in [1.54, 1.807) is 0 Å². The third kappa shape index (κ3) is 3.04. The fraction of sp³-hybridized carbons (Fsp3) is 0.647. The van der Waals surface area contributed by atoms with Gasteiger partial charge < -0.3 is 9.47 Å². The normalized spacial score (nSPS) is 21.7. The first kappa shape index (κ1) is 18.7. The van der Waals surface area contributed by atoms with Crippen LogP contribution in [0.4, 0.5) is 0 Å². The number of carbonyl (C=O) groups excluding carboxylic acids is 2. The first-order valence-electron chi connectivity index (χ1n) is 7.72. The Hall–Kier alpha value is -1.36. The molecule has 1 saturated carbocycles. The monoisotopic (exact) mass is 324 g/mol. The highest BCUT2D eigenvalue weighted by molar-refractivity contribution is 6.84. The second kappa shape index (κ2) is 6.81. The summed E-state index contributed by atoms with van der Waals surface area (Å²) in [6, 6.07) is 1.13. The molecule has 0 heterocycles. The second-order valence-corrected chi connectivity index (χ2v) is 11.8. The van der Waals surface area contributed by atoms with Crippen molar-refractivity contribution in [3.8, 4) is 0 Å². The van der Waals surface area contributed by atoms with Crippen molar-refractivity contribution in [2.75, 3.05) is 14.2 Å². The standard InChI is InChI=1S/C17H28O4Si/c1-8-13-10-17(15(18)20-4,16(19)21-5)11-14(13)12(3)22(6,7)9-2/h8H,9-11H2,1-7H3/b13-8+,14-12-. The number of hydrogen-bond acceptors (Lipinski definition) is 4. The number of hydrogen-bond donors (Lipinski definition) is 0. The molecule has 0 aromatic rings. The summed E-state index contributed by atoms with van der Waals surface area (Å²) in [5, 5.41) is 1.36. The number of carbonyl (C=O) groups is 2. The van der Waals surface area contributed by atoms with Crippen LogP contribution in [0.3, 0.4) is 0 Å².